The molecule has 5 nitrogen and oxygen atoms in total. The maximum absolute atomic E-state index is 13.4. The lowest BCUT2D eigenvalue weighted by atomic mass is 9.87. The molecule has 1 aliphatic heterocycles. The topological polar surface area (TPSA) is 55.6 Å². The fourth-order valence-corrected chi connectivity index (χ4v) is 3.46. The molecule has 0 radical (unpaired) electrons. The molecule has 1 aromatic heterocycles. The minimum absolute atomic E-state index is 0.0414. The van der Waals surface area contributed by atoms with Gasteiger partial charge in [-0.05, 0) is 65.1 Å². The number of halogens is 1. The molecule has 2 atom stereocenters. The third-order valence-electron chi connectivity index (χ3n) is 4.56. The first-order valence-electron chi connectivity index (χ1n) is 7.94. The lowest BCUT2D eigenvalue weighted by molar-refractivity contribution is 0.261. The van der Waals surface area contributed by atoms with Gasteiger partial charge < -0.3 is 5.32 Å². The van der Waals surface area contributed by atoms with Gasteiger partial charge in [-0.15, -0.1) is 10.2 Å². The predicted molar refractivity (Wildman–Crippen MR) is 85.5 cm³/mol. The number of aromatic nitrogens is 4. The number of nitrogens with one attached hydrogen (secondary N) is 1. The highest BCUT2D eigenvalue weighted by molar-refractivity contribution is 5.83. The molecule has 1 fully saturated rings. The fourth-order valence-electron chi connectivity index (χ4n) is 3.46. The van der Waals surface area contributed by atoms with E-state index in [1.807, 2.05) is 18.2 Å². The average molecular weight is 311 g/mol. The molecular formula is C17H18FN5. The average Bonchev–Trinajstić information content (AvgIpc) is 3.10. The van der Waals surface area contributed by atoms with Gasteiger partial charge in [0.15, 0.2) is 6.33 Å². The van der Waals surface area contributed by atoms with Crippen LogP contribution in [0.5, 0.6) is 0 Å². The standard InChI is InChI=1S/C17H18FN5/c18-16-6-5-12-8-14(4-3-13(12)9-16)17(23-21-11-20-22-23)15-2-1-7-19-10-15/h3-6,8-9,11,15,17,19H,1-2,7,10H2/t15-,17-/m1/s1. The van der Waals surface area contributed by atoms with E-state index in [1.165, 1.54) is 12.4 Å². The monoisotopic (exact) mass is 311 g/mol. The highest BCUT2D eigenvalue weighted by atomic mass is 19.1. The van der Waals surface area contributed by atoms with Crippen LogP contribution in [0.15, 0.2) is 42.7 Å². The van der Waals surface area contributed by atoms with E-state index in [1.54, 1.807) is 10.9 Å². The first-order chi connectivity index (χ1) is 11.3. The van der Waals surface area contributed by atoms with Crippen LogP contribution in [0.25, 0.3) is 10.8 Å². The van der Waals surface area contributed by atoms with Crippen LogP contribution in [-0.4, -0.2) is 33.3 Å². The Labute approximate surface area is 133 Å². The van der Waals surface area contributed by atoms with E-state index >= 15 is 0 Å². The Hall–Kier alpha value is -2.34. The first kappa shape index (κ1) is 14.3. The number of benzene rings is 2. The summed E-state index contributed by atoms with van der Waals surface area (Å²) < 4.78 is 13.4. The highest BCUT2D eigenvalue weighted by Gasteiger charge is 2.28. The van der Waals surface area contributed by atoms with Crippen molar-refractivity contribution in [2.75, 3.05) is 13.1 Å². The Balaban J connectivity index is 1.77. The number of hydrogen-bond acceptors (Lipinski definition) is 4. The number of nitrogens with zero attached hydrogens (tertiary/aromatic N) is 4. The van der Waals surface area contributed by atoms with Crippen molar-refractivity contribution in [3.8, 4) is 0 Å². The van der Waals surface area contributed by atoms with E-state index in [0.717, 1.165) is 42.3 Å². The van der Waals surface area contributed by atoms with E-state index in [0.29, 0.717) is 5.92 Å². The zero-order valence-electron chi connectivity index (χ0n) is 12.7. The molecule has 6 heteroatoms. The summed E-state index contributed by atoms with van der Waals surface area (Å²) in [5.74, 6) is 0.201. The molecule has 0 bridgehead atoms. The summed E-state index contributed by atoms with van der Waals surface area (Å²) in [6, 6.07) is 11.0. The van der Waals surface area contributed by atoms with E-state index < -0.39 is 0 Å². The second-order valence-electron chi connectivity index (χ2n) is 6.06. The third-order valence-corrected chi connectivity index (χ3v) is 4.56. The maximum Gasteiger partial charge on any atom is 0.162 e. The normalized spacial score (nSPS) is 19.8. The molecule has 2 aromatic carbocycles. The van der Waals surface area contributed by atoms with Crippen LogP contribution in [0.1, 0.15) is 24.4 Å². The SMILES string of the molecule is Fc1ccc2cc([C@H]([C@@H]3CCCNC3)n3ncnn3)ccc2c1. The van der Waals surface area contributed by atoms with Gasteiger partial charge in [0.25, 0.3) is 0 Å². The molecule has 118 valence electrons. The molecule has 3 aromatic rings. The Morgan fingerprint density at radius 2 is 2.04 bits per heavy atom. The number of hydrogen-bond donors (Lipinski definition) is 1. The lowest BCUT2D eigenvalue weighted by Gasteiger charge is -2.30. The van der Waals surface area contributed by atoms with Crippen molar-refractivity contribution in [1.29, 1.82) is 0 Å². The smallest absolute Gasteiger partial charge is 0.162 e. The van der Waals surface area contributed by atoms with Gasteiger partial charge in [-0.2, -0.15) is 4.80 Å². The number of tetrazole rings is 1. The zero-order valence-corrected chi connectivity index (χ0v) is 12.7. The van der Waals surface area contributed by atoms with Gasteiger partial charge in [0.2, 0.25) is 0 Å². The van der Waals surface area contributed by atoms with Crippen LogP contribution in [0.2, 0.25) is 0 Å². The maximum atomic E-state index is 13.4. The van der Waals surface area contributed by atoms with Gasteiger partial charge in [0.05, 0.1) is 0 Å². The van der Waals surface area contributed by atoms with Gasteiger partial charge in [0, 0.05) is 6.54 Å². The minimum atomic E-state index is -0.212. The van der Waals surface area contributed by atoms with Crippen LogP contribution in [0, 0.1) is 11.7 Å². The van der Waals surface area contributed by atoms with Crippen molar-refractivity contribution in [2.45, 2.75) is 18.9 Å². The summed E-state index contributed by atoms with van der Waals surface area (Å²) in [6.07, 6.45) is 3.75. The fraction of sp³-hybridized carbons (Fsp3) is 0.353. The molecule has 0 unspecified atom stereocenters. The molecule has 4 rings (SSSR count). The van der Waals surface area contributed by atoms with Crippen LogP contribution >= 0.6 is 0 Å². The van der Waals surface area contributed by atoms with Crippen LogP contribution < -0.4 is 5.32 Å². The molecule has 2 heterocycles. The zero-order chi connectivity index (χ0) is 15.6. The van der Waals surface area contributed by atoms with Gasteiger partial charge in [-0.3, -0.25) is 0 Å². The third kappa shape index (κ3) is 2.82. The molecular weight excluding hydrogens is 293 g/mol. The Morgan fingerprint density at radius 3 is 2.83 bits per heavy atom. The van der Waals surface area contributed by atoms with Crippen molar-refractivity contribution in [3.63, 3.8) is 0 Å². The van der Waals surface area contributed by atoms with Crippen LogP contribution in [-0.2, 0) is 0 Å². The molecule has 1 aliphatic rings. The Morgan fingerprint density at radius 1 is 1.17 bits per heavy atom. The van der Waals surface area contributed by atoms with E-state index in [9.17, 15) is 4.39 Å². The second kappa shape index (κ2) is 6.04. The van der Waals surface area contributed by atoms with E-state index in [-0.39, 0.29) is 11.9 Å². The van der Waals surface area contributed by atoms with Gasteiger partial charge >= 0.3 is 0 Å². The van der Waals surface area contributed by atoms with E-state index in [4.69, 9.17) is 0 Å². The van der Waals surface area contributed by atoms with Gasteiger partial charge in [-0.25, -0.2) is 4.39 Å². The minimum Gasteiger partial charge on any atom is -0.316 e. The Kier molecular flexibility index (Phi) is 3.75. The summed E-state index contributed by atoms with van der Waals surface area (Å²) in [5, 5.41) is 17.7. The van der Waals surface area contributed by atoms with E-state index in [2.05, 4.69) is 26.8 Å². The quantitative estimate of drug-likeness (QED) is 0.807. The molecule has 0 saturated carbocycles. The second-order valence-corrected chi connectivity index (χ2v) is 6.06. The van der Waals surface area contributed by atoms with Crippen LogP contribution in [0.3, 0.4) is 0 Å². The molecule has 1 N–H and O–H groups in total. The highest BCUT2D eigenvalue weighted by Crippen LogP contribution is 2.31. The molecule has 23 heavy (non-hydrogen) atoms. The summed E-state index contributed by atoms with van der Waals surface area (Å²) in [4.78, 5) is 1.70. The molecule has 0 aliphatic carbocycles. The van der Waals surface area contributed by atoms with Crippen molar-refractivity contribution in [3.05, 3.63) is 54.1 Å². The molecule has 0 amide bonds. The van der Waals surface area contributed by atoms with Gasteiger partial charge in [-0.1, -0.05) is 18.2 Å². The first-order valence-corrected chi connectivity index (χ1v) is 7.94. The summed E-state index contributed by atoms with van der Waals surface area (Å²) in [7, 11) is 0. The van der Waals surface area contributed by atoms with Crippen LogP contribution in [0.4, 0.5) is 4.39 Å². The number of piperidine rings is 1. The molecule has 1 saturated heterocycles. The lowest BCUT2D eigenvalue weighted by Crippen LogP contribution is -2.36. The van der Waals surface area contributed by atoms with Crippen molar-refractivity contribution in [2.24, 2.45) is 5.92 Å². The van der Waals surface area contributed by atoms with Crippen molar-refractivity contribution in [1.82, 2.24) is 25.5 Å². The number of fused-ring (bicyclic) bond motifs is 1. The predicted octanol–water partition coefficient (Wildman–Crippen LogP) is 2.55. The Bertz CT molecular complexity index is 796. The summed E-state index contributed by atoms with van der Waals surface area (Å²) >= 11 is 0. The molecule has 0 spiro atoms. The number of rotatable bonds is 3. The summed E-state index contributed by atoms with van der Waals surface area (Å²) in [6.45, 7) is 2.00. The van der Waals surface area contributed by atoms with Gasteiger partial charge in [0.1, 0.15) is 11.9 Å². The summed E-state index contributed by atoms with van der Waals surface area (Å²) in [5.41, 5.74) is 1.14. The largest absolute Gasteiger partial charge is 0.316 e. The van der Waals surface area contributed by atoms with Crippen molar-refractivity contribution >= 4 is 10.8 Å². The van der Waals surface area contributed by atoms with Crippen molar-refractivity contribution < 1.29 is 4.39 Å².